The fraction of sp³-hybridized carbons (Fsp3) is 0.214. The van der Waals surface area contributed by atoms with Gasteiger partial charge >= 0.3 is 0 Å². The van der Waals surface area contributed by atoms with Crippen LogP contribution in [0, 0.1) is 0 Å². The van der Waals surface area contributed by atoms with Crippen LogP contribution in [0.1, 0.15) is 5.56 Å². The van der Waals surface area contributed by atoms with Crippen LogP contribution in [0.2, 0.25) is 0 Å². The number of hydrogen-bond donors (Lipinski definition) is 0. The van der Waals surface area contributed by atoms with Gasteiger partial charge in [0, 0.05) is 24.3 Å². The lowest BCUT2D eigenvalue weighted by atomic mass is 10.2. The Labute approximate surface area is 132 Å². The fourth-order valence-electron chi connectivity index (χ4n) is 1.76. The molecular weight excluding hydrogens is 356 g/mol. The molecule has 21 heavy (non-hydrogen) atoms. The molecule has 0 saturated heterocycles. The Bertz CT molecular complexity index is 717. The van der Waals surface area contributed by atoms with Crippen LogP contribution in [0.4, 0.5) is 0 Å². The molecule has 0 aliphatic carbocycles. The van der Waals surface area contributed by atoms with Crippen molar-refractivity contribution in [3.8, 4) is 5.75 Å². The molecule has 1 heterocycles. The van der Waals surface area contributed by atoms with E-state index in [1.807, 2.05) is 12.1 Å². The molecule has 5 nitrogen and oxygen atoms in total. The van der Waals surface area contributed by atoms with Gasteiger partial charge in [0.2, 0.25) is 0 Å². The lowest BCUT2D eigenvalue weighted by Gasteiger charge is -2.17. The van der Waals surface area contributed by atoms with Crippen LogP contribution < -0.4 is 4.74 Å². The zero-order valence-corrected chi connectivity index (χ0v) is 14.1. The average Bonchev–Trinajstić information content (AvgIpc) is 2.48. The summed E-state index contributed by atoms with van der Waals surface area (Å²) in [7, 11) is -0.497. The van der Waals surface area contributed by atoms with E-state index in [0.717, 1.165) is 11.3 Å². The number of sulfonamides is 1. The minimum Gasteiger partial charge on any atom is -0.497 e. The zero-order chi connectivity index (χ0) is 15.5. The van der Waals surface area contributed by atoms with E-state index in [-0.39, 0.29) is 11.6 Å². The monoisotopic (exact) mass is 370 g/mol. The summed E-state index contributed by atoms with van der Waals surface area (Å²) in [5.41, 5.74) is 0.872. The van der Waals surface area contributed by atoms with Crippen molar-refractivity contribution >= 4 is 26.0 Å². The first-order valence-corrected chi connectivity index (χ1v) is 8.37. The lowest BCUT2D eigenvalue weighted by Crippen LogP contribution is -2.27. The van der Waals surface area contributed by atoms with Gasteiger partial charge in [-0.1, -0.05) is 28.1 Å². The second-order valence-electron chi connectivity index (χ2n) is 4.42. The molecule has 0 bridgehead atoms. The quantitative estimate of drug-likeness (QED) is 0.811. The van der Waals surface area contributed by atoms with Crippen LogP contribution in [0.25, 0.3) is 0 Å². The van der Waals surface area contributed by atoms with E-state index in [4.69, 9.17) is 4.74 Å². The van der Waals surface area contributed by atoms with Crippen molar-refractivity contribution in [3.63, 3.8) is 0 Å². The van der Waals surface area contributed by atoms with E-state index in [0.29, 0.717) is 4.47 Å². The third-order valence-corrected chi connectivity index (χ3v) is 5.13. The Morgan fingerprint density at radius 1 is 1.24 bits per heavy atom. The maximum atomic E-state index is 12.4. The molecule has 0 saturated carbocycles. The Kier molecular flexibility index (Phi) is 4.97. The van der Waals surface area contributed by atoms with E-state index in [2.05, 4.69) is 20.9 Å². The highest BCUT2D eigenvalue weighted by atomic mass is 79.9. The van der Waals surface area contributed by atoms with Gasteiger partial charge in [-0.15, -0.1) is 0 Å². The molecular formula is C14H15BrN2O3S. The molecule has 0 atom stereocenters. The molecule has 1 aromatic heterocycles. The summed E-state index contributed by atoms with van der Waals surface area (Å²) in [4.78, 5) is 3.92. The first-order valence-electron chi connectivity index (χ1n) is 6.14. The summed E-state index contributed by atoms with van der Waals surface area (Å²) in [6.07, 6.45) is 1.46. The van der Waals surface area contributed by atoms with Gasteiger partial charge in [-0.25, -0.2) is 13.4 Å². The maximum Gasteiger partial charge on any atom is 0.260 e. The van der Waals surface area contributed by atoms with Crippen LogP contribution in [0.5, 0.6) is 5.75 Å². The van der Waals surface area contributed by atoms with Crippen molar-refractivity contribution in [3.05, 3.63) is 52.6 Å². The van der Waals surface area contributed by atoms with Gasteiger partial charge < -0.3 is 4.74 Å². The minimum absolute atomic E-state index is 0.0212. The van der Waals surface area contributed by atoms with Gasteiger partial charge in [0.25, 0.3) is 10.0 Å². The van der Waals surface area contributed by atoms with Crippen molar-refractivity contribution in [2.24, 2.45) is 0 Å². The lowest BCUT2D eigenvalue weighted by molar-refractivity contribution is 0.414. The number of pyridine rings is 1. The summed E-state index contributed by atoms with van der Waals surface area (Å²) in [6, 6.07) is 10.4. The molecule has 0 spiro atoms. The molecule has 0 unspecified atom stereocenters. The van der Waals surface area contributed by atoms with Crippen molar-refractivity contribution < 1.29 is 13.2 Å². The smallest absolute Gasteiger partial charge is 0.260 e. The number of nitrogens with zero attached hydrogens (tertiary/aromatic N) is 2. The standard InChI is InChI=1S/C14H15BrN2O3S/c1-17(10-11-3-5-13(20-2)6-4-11)21(18,19)14-9-12(15)7-8-16-14/h3-9H,10H2,1-2H3. The Morgan fingerprint density at radius 3 is 2.48 bits per heavy atom. The van der Waals surface area contributed by atoms with Crippen molar-refractivity contribution in [2.45, 2.75) is 11.6 Å². The second kappa shape index (κ2) is 6.55. The Hall–Kier alpha value is -1.44. The summed E-state index contributed by atoms with van der Waals surface area (Å²) in [5.74, 6) is 0.734. The molecule has 0 amide bonds. The first kappa shape index (κ1) is 15.9. The van der Waals surface area contributed by atoms with Gasteiger partial charge in [0.15, 0.2) is 5.03 Å². The zero-order valence-electron chi connectivity index (χ0n) is 11.7. The third-order valence-electron chi connectivity index (χ3n) is 2.94. The Balaban J connectivity index is 2.20. The molecule has 0 N–H and O–H groups in total. The number of benzene rings is 1. The highest BCUT2D eigenvalue weighted by Crippen LogP contribution is 2.19. The summed E-state index contributed by atoms with van der Waals surface area (Å²) in [5, 5.41) is 0.0212. The van der Waals surface area contributed by atoms with E-state index < -0.39 is 10.0 Å². The first-order chi connectivity index (χ1) is 9.93. The van der Waals surface area contributed by atoms with Gasteiger partial charge in [0.1, 0.15) is 5.75 Å². The molecule has 2 aromatic rings. The van der Waals surface area contributed by atoms with Crippen LogP contribution in [0.3, 0.4) is 0 Å². The third kappa shape index (κ3) is 3.81. The highest BCUT2D eigenvalue weighted by Gasteiger charge is 2.22. The predicted octanol–water partition coefficient (Wildman–Crippen LogP) is 2.67. The Morgan fingerprint density at radius 2 is 1.90 bits per heavy atom. The number of methoxy groups -OCH3 is 1. The molecule has 0 aliphatic rings. The normalized spacial score (nSPS) is 11.6. The molecule has 0 fully saturated rings. The van der Waals surface area contributed by atoms with E-state index in [1.54, 1.807) is 25.3 Å². The molecule has 0 radical (unpaired) electrons. The number of ether oxygens (including phenoxy) is 1. The molecule has 112 valence electrons. The number of rotatable bonds is 5. The van der Waals surface area contributed by atoms with Gasteiger partial charge in [-0.3, -0.25) is 0 Å². The van der Waals surface area contributed by atoms with Gasteiger partial charge in [-0.05, 0) is 29.8 Å². The SMILES string of the molecule is COc1ccc(CN(C)S(=O)(=O)c2cc(Br)ccn2)cc1. The van der Waals surface area contributed by atoms with Crippen LogP contribution in [-0.4, -0.2) is 31.9 Å². The summed E-state index contributed by atoms with van der Waals surface area (Å²) < 4.78 is 31.9. The molecule has 7 heteroatoms. The van der Waals surface area contributed by atoms with E-state index in [1.165, 1.54) is 23.6 Å². The van der Waals surface area contributed by atoms with E-state index in [9.17, 15) is 8.42 Å². The molecule has 1 aromatic carbocycles. The van der Waals surface area contributed by atoms with Crippen molar-refractivity contribution in [1.29, 1.82) is 0 Å². The van der Waals surface area contributed by atoms with Crippen molar-refractivity contribution in [1.82, 2.24) is 9.29 Å². The number of hydrogen-bond acceptors (Lipinski definition) is 4. The van der Waals surface area contributed by atoms with Gasteiger partial charge in [-0.2, -0.15) is 4.31 Å². The largest absolute Gasteiger partial charge is 0.497 e. The summed E-state index contributed by atoms with van der Waals surface area (Å²) >= 11 is 3.25. The number of aromatic nitrogens is 1. The average molecular weight is 371 g/mol. The fourth-order valence-corrected chi connectivity index (χ4v) is 3.35. The predicted molar refractivity (Wildman–Crippen MR) is 83.6 cm³/mol. The van der Waals surface area contributed by atoms with Crippen molar-refractivity contribution in [2.75, 3.05) is 14.2 Å². The summed E-state index contributed by atoms with van der Waals surface area (Å²) in [6.45, 7) is 0.264. The molecule has 0 aliphatic heterocycles. The topological polar surface area (TPSA) is 59.5 Å². The maximum absolute atomic E-state index is 12.4. The highest BCUT2D eigenvalue weighted by molar-refractivity contribution is 9.10. The minimum atomic E-state index is -3.61. The van der Waals surface area contributed by atoms with Crippen LogP contribution >= 0.6 is 15.9 Å². The molecule has 2 rings (SSSR count). The number of halogens is 1. The van der Waals surface area contributed by atoms with Gasteiger partial charge in [0.05, 0.1) is 7.11 Å². The second-order valence-corrected chi connectivity index (χ2v) is 7.33. The van der Waals surface area contributed by atoms with Crippen LogP contribution in [-0.2, 0) is 16.6 Å². The van der Waals surface area contributed by atoms with Crippen LogP contribution in [0.15, 0.2) is 52.1 Å². The van der Waals surface area contributed by atoms with E-state index >= 15 is 0 Å².